The van der Waals surface area contributed by atoms with Gasteiger partial charge in [-0.3, -0.25) is 9.48 Å². The van der Waals surface area contributed by atoms with Crippen molar-refractivity contribution in [2.45, 2.75) is 52.2 Å². The highest BCUT2D eigenvalue weighted by atomic mass is 16.2. The van der Waals surface area contributed by atoms with E-state index in [1.54, 1.807) is 6.20 Å². The van der Waals surface area contributed by atoms with Crippen molar-refractivity contribution in [2.75, 3.05) is 11.9 Å². The van der Waals surface area contributed by atoms with E-state index in [0.717, 1.165) is 31.6 Å². The number of likely N-dealkylation sites (tertiary alicyclic amines) is 1. The Bertz CT molecular complexity index is 413. The van der Waals surface area contributed by atoms with E-state index in [1.807, 2.05) is 15.8 Å². The third-order valence-corrected chi connectivity index (χ3v) is 3.29. The number of amides is 1. The van der Waals surface area contributed by atoms with E-state index in [-0.39, 0.29) is 18.0 Å². The molecule has 1 aromatic heterocycles. The van der Waals surface area contributed by atoms with Gasteiger partial charge < -0.3 is 10.2 Å². The number of hydrogen-bond donors (Lipinski definition) is 1. The van der Waals surface area contributed by atoms with Gasteiger partial charge in [0, 0.05) is 25.3 Å². The lowest BCUT2D eigenvalue weighted by Gasteiger charge is -2.21. The molecule has 1 aromatic rings. The summed E-state index contributed by atoms with van der Waals surface area (Å²) in [4.78, 5) is 14.0. The zero-order valence-corrected chi connectivity index (χ0v) is 11.4. The van der Waals surface area contributed by atoms with E-state index in [2.05, 4.69) is 31.2 Å². The van der Waals surface area contributed by atoms with E-state index < -0.39 is 0 Å². The monoisotopic (exact) mass is 250 g/mol. The minimum Gasteiger partial charge on any atom is -0.371 e. The lowest BCUT2D eigenvalue weighted by atomic mass is 10.2. The number of anilines is 1. The number of hydrogen-bond acceptors (Lipinski definition) is 3. The number of aromatic nitrogens is 2. The Labute approximate surface area is 108 Å². The number of carbonyl (C=O) groups excluding carboxylic acids is 1. The van der Waals surface area contributed by atoms with Crippen LogP contribution in [-0.2, 0) is 11.3 Å². The molecule has 0 radical (unpaired) electrons. The average Bonchev–Trinajstić information content (AvgIpc) is 2.89. The fourth-order valence-electron chi connectivity index (χ4n) is 2.34. The third kappa shape index (κ3) is 2.66. The van der Waals surface area contributed by atoms with Crippen LogP contribution in [-0.4, -0.2) is 39.2 Å². The molecule has 2 heterocycles. The van der Waals surface area contributed by atoms with Gasteiger partial charge in [0.2, 0.25) is 5.91 Å². The maximum atomic E-state index is 12.1. The highest BCUT2D eigenvalue weighted by molar-refractivity contribution is 5.86. The normalized spacial score (nSPS) is 19.9. The summed E-state index contributed by atoms with van der Waals surface area (Å²) in [5.41, 5.74) is 0.937. The van der Waals surface area contributed by atoms with E-state index in [9.17, 15) is 4.79 Å². The number of rotatable bonds is 5. The fraction of sp³-hybridized carbons (Fsp3) is 0.692. The van der Waals surface area contributed by atoms with Gasteiger partial charge in [-0.15, -0.1) is 0 Å². The molecule has 5 nitrogen and oxygen atoms in total. The van der Waals surface area contributed by atoms with Gasteiger partial charge in [0.1, 0.15) is 6.04 Å². The SMILES string of the molecule is CCCn1cc(NC2CCN(C(C)C)C2=O)cn1. The minimum atomic E-state index is -0.0910. The molecular formula is C13H22N4O. The molecule has 1 aliphatic heterocycles. The van der Waals surface area contributed by atoms with Crippen molar-refractivity contribution < 1.29 is 4.79 Å². The second-order valence-corrected chi connectivity index (χ2v) is 5.10. The van der Waals surface area contributed by atoms with Crippen LogP contribution >= 0.6 is 0 Å². The Morgan fingerprint density at radius 2 is 2.33 bits per heavy atom. The average molecular weight is 250 g/mol. The number of nitrogens with one attached hydrogen (secondary N) is 1. The molecule has 18 heavy (non-hydrogen) atoms. The Hall–Kier alpha value is -1.52. The molecule has 0 aliphatic carbocycles. The maximum absolute atomic E-state index is 12.1. The second kappa shape index (κ2) is 5.42. The lowest BCUT2D eigenvalue weighted by molar-refractivity contribution is -0.129. The molecule has 1 aliphatic rings. The van der Waals surface area contributed by atoms with Gasteiger partial charge in [0.05, 0.1) is 11.9 Å². The summed E-state index contributed by atoms with van der Waals surface area (Å²) in [6.07, 6.45) is 5.69. The quantitative estimate of drug-likeness (QED) is 0.865. The van der Waals surface area contributed by atoms with Crippen LogP contribution < -0.4 is 5.32 Å². The molecule has 1 fully saturated rings. The second-order valence-electron chi connectivity index (χ2n) is 5.10. The predicted molar refractivity (Wildman–Crippen MR) is 71.4 cm³/mol. The first kappa shape index (κ1) is 12.9. The summed E-state index contributed by atoms with van der Waals surface area (Å²) in [6, 6.07) is 0.193. The molecule has 1 atom stereocenters. The van der Waals surface area contributed by atoms with Crippen LogP contribution in [0.4, 0.5) is 5.69 Å². The maximum Gasteiger partial charge on any atom is 0.245 e. The van der Waals surface area contributed by atoms with Crippen molar-refractivity contribution in [3.63, 3.8) is 0 Å². The summed E-state index contributed by atoms with van der Waals surface area (Å²) in [7, 11) is 0. The lowest BCUT2D eigenvalue weighted by Crippen LogP contribution is -2.37. The van der Waals surface area contributed by atoms with Crippen LogP contribution in [0, 0.1) is 0 Å². The highest BCUT2D eigenvalue weighted by Gasteiger charge is 2.32. The van der Waals surface area contributed by atoms with Crippen molar-refractivity contribution in [2.24, 2.45) is 0 Å². The first-order chi connectivity index (χ1) is 8.61. The first-order valence-corrected chi connectivity index (χ1v) is 6.71. The molecule has 0 spiro atoms. The predicted octanol–water partition coefficient (Wildman–Crippen LogP) is 1.71. The van der Waals surface area contributed by atoms with Crippen molar-refractivity contribution in [3.05, 3.63) is 12.4 Å². The van der Waals surface area contributed by atoms with Gasteiger partial charge in [-0.2, -0.15) is 5.10 Å². The van der Waals surface area contributed by atoms with Crippen molar-refractivity contribution in [1.29, 1.82) is 0 Å². The molecular weight excluding hydrogens is 228 g/mol. The highest BCUT2D eigenvalue weighted by Crippen LogP contribution is 2.18. The molecule has 5 heteroatoms. The number of nitrogens with zero attached hydrogens (tertiary/aromatic N) is 3. The molecule has 2 rings (SSSR count). The topological polar surface area (TPSA) is 50.2 Å². The van der Waals surface area contributed by atoms with Crippen LogP contribution in [0.2, 0.25) is 0 Å². The van der Waals surface area contributed by atoms with E-state index >= 15 is 0 Å². The van der Waals surface area contributed by atoms with Crippen LogP contribution in [0.3, 0.4) is 0 Å². The van der Waals surface area contributed by atoms with Gasteiger partial charge in [0.25, 0.3) is 0 Å². The van der Waals surface area contributed by atoms with Gasteiger partial charge in [-0.25, -0.2) is 0 Å². The van der Waals surface area contributed by atoms with E-state index in [1.165, 1.54) is 0 Å². The van der Waals surface area contributed by atoms with E-state index in [4.69, 9.17) is 0 Å². The molecule has 0 aromatic carbocycles. The van der Waals surface area contributed by atoms with Crippen LogP contribution in [0.25, 0.3) is 0 Å². The summed E-state index contributed by atoms with van der Waals surface area (Å²) in [6.45, 7) is 7.99. The zero-order valence-electron chi connectivity index (χ0n) is 11.4. The van der Waals surface area contributed by atoms with Crippen LogP contribution in [0.1, 0.15) is 33.6 Å². The minimum absolute atomic E-state index is 0.0910. The first-order valence-electron chi connectivity index (χ1n) is 6.71. The van der Waals surface area contributed by atoms with E-state index in [0.29, 0.717) is 0 Å². The van der Waals surface area contributed by atoms with Crippen LogP contribution in [0.15, 0.2) is 12.4 Å². The summed E-state index contributed by atoms with van der Waals surface area (Å²) < 4.78 is 1.90. The fourth-order valence-corrected chi connectivity index (χ4v) is 2.34. The smallest absolute Gasteiger partial charge is 0.245 e. The largest absolute Gasteiger partial charge is 0.371 e. The third-order valence-electron chi connectivity index (χ3n) is 3.29. The Balaban J connectivity index is 1.95. The Kier molecular flexibility index (Phi) is 3.89. The molecule has 1 amide bonds. The standard InChI is InChI=1S/C13H22N4O/c1-4-6-16-9-11(8-14-16)15-12-5-7-17(10(2)3)13(12)18/h8-10,12,15H,4-7H2,1-3H3. The van der Waals surface area contributed by atoms with Gasteiger partial charge in [-0.05, 0) is 26.7 Å². The molecule has 0 saturated carbocycles. The Morgan fingerprint density at radius 3 is 2.94 bits per heavy atom. The summed E-state index contributed by atoms with van der Waals surface area (Å²) in [5, 5.41) is 7.54. The van der Waals surface area contributed by atoms with Gasteiger partial charge in [0.15, 0.2) is 0 Å². The van der Waals surface area contributed by atoms with Crippen molar-refractivity contribution in [1.82, 2.24) is 14.7 Å². The van der Waals surface area contributed by atoms with Crippen molar-refractivity contribution >= 4 is 11.6 Å². The summed E-state index contributed by atoms with van der Waals surface area (Å²) in [5.74, 6) is 0.202. The van der Waals surface area contributed by atoms with Crippen molar-refractivity contribution in [3.8, 4) is 0 Å². The van der Waals surface area contributed by atoms with Crippen LogP contribution in [0.5, 0.6) is 0 Å². The zero-order chi connectivity index (χ0) is 13.1. The van der Waals surface area contributed by atoms with Gasteiger partial charge >= 0.3 is 0 Å². The summed E-state index contributed by atoms with van der Waals surface area (Å²) >= 11 is 0. The molecule has 100 valence electrons. The van der Waals surface area contributed by atoms with Gasteiger partial charge in [-0.1, -0.05) is 6.92 Å². The molecule has 1 saturated heterocycles. The molecule has 0 bridgehead atoms. The number of aryl methyl sites for hydroxylation is 1. The molecule has 1 unspecified atom stereocenters. The Morgan fingerprint density at radius 1 is 1.56 bits per heavy atom. The number of carbonyl (C=O) groups is 1. The molecule has 1 N–H and O–H groups in total.